The fourth-order valence-electron chi connectivity index (χ4n) is 1.38. The lowest BCUT2D eigenvalue weighted by Crippen LogP contribution is -2.31. The molecule has 0 saturated heterocycles. The molecule has 0 aromatic carbocycles. The van der Waals surface area contributed by atoms with Crippen LogP contribution in [-0.4, -0.2) is 42.0 Å². The zero-order chi connectivity index (χ0) is 12.8. The summed E-state index contributed by atoms with van der Waals surface area (Å²) >= 11 is 0. The molecule has 0 spiro atoms. The van der Waals surface area contributed by atoms with Crippen LogP contribution in [-0.2, 0) is 10.1 Å². The van der Waals surface area contributed by atoms with Crippen molar-refractivity contribution in [3.05, 3.63) is 0 Å². The minimum Gasteiger partial charge on any atom is -0.390 e. The van der Waals surface area contributed by atoms with Crippen LogP contribution >= 0.6 is 0 Å². The number of hydrogen-bond donors (Lipinski definition) is 3. The first-order valence-corrected chi connectivity index (χ1v) is 7.12. The van der Waals surface area contributed by atoms with Crippen molar-refractivity contribution in [2.75, 3.05) is 12.3 Å². The molecule has 6 heteroatoms. The van der Waals surface area contributed by atoms with Gasteiger partial charge in [0.15, 0.2) is 0 Å². The van der Waals surface area contributed by atoms with Crippen molar-refractivity contribution in [3.63, 3.8) is 0 Å². The second-order valence-corrected chi connectivity index (χ2v) is 6.42. The molecule has 5 nitrogen and oxygen atoms in total. The Hall–Kier alpha value is -0.170. The predicted octanol–water partition coefficient (Wildman–Crippen LogP) is 0.794. The third kappa shape index (κ3) is 11.9. The van der Waals surface area contributed by atoms with Gasteiger partial charge in [-0.3, -0.25) is 4.55 Å². The molecular formula is C10H23NO4S. The summed E-state index contributed by atoms with van der Waals surface area (Å²) in [5, 5.41) is 12.5. The molecule has 0 aliphatic carbocycles. The van der Waals surface area contributed by atoms with Crippen LogP contribution in [0.3, 0.4) is 0 Å². The Balaban J connectivity index is 3.57. The van der Waals surface area contributed by atoms with E-state index in [4.69, 9.17) is 4.55 Å². The standard InChI is InChI=1S/C10H23NO4S/c1-9(5-4-6-10(2,3)12)11-7-8-16(13,14)15/h9,11-12H,4-8H2,1-3H3,(H,13,14,15). The van der Waals surface area contributed by atoms with Crippen LogP contribution < -0.4 is 5.32 Å². The van der Waals surface area contributed by atoms with E-state index in [1.54, 1.807) is 13.8 Å². The monoisotopic (exact) mass is 253 g/mol. The second kappa shape index (κ2) is 6.54. The van der Waals surface area contributed by atoms with Gasteiger partial charge >= 0.3 is 0 Å². The van der Waals surface area contributed by atoms with E-state index >= 15 is 0 Å². The maximum absolute atomic E-state index is 10.4. The quantitative estimate of drug-likeness (QED) is 0.557. The molecule has 0 amide bonds. The van der Waals surface area contributed by atoms with Crippen LogP contribution in [0, 0.1) is 0 Å². The molecule has 0 bridgehead atoms. The van der Waals surface area contributed by atoms with Crippen molar-refractivity contribution >= 4 is 10.1 Å². The van der Waals surface area contributed by atoms with Gasteiger partial charge in [-0.25, -0.2) is 0 Å². The van der Waals surface area contributed by atoms with Crippen LogP contribution in [0.4, 0.5) is 0 Å². The second-order valence-electron chi connectivity index (χ2n) is 4.85. The summed E-state index contributed by atoms with van der Waals surface area (Å²) in [6.45, 7) is 5.74. The summed E-state index contributed by atoms with van der Waals surface area (Å²) in [6, 6.07) is 0.184. The summed E-state index contributed by atoms with van der Waals surface area (Å²) in [5.41, 5.74) is -0.645. The van der Waals surface area contributed by atoms with Gasteiger partial charge in [-0.1, -0.05) is 0 Å². The lowest BCUT2D eigenvalue weighted by Gasteiger charge is -2.18. The molecule has 0 heterocycles. The summed E-state index contributed by atoms with van der Waals surface area (Å²) in [7, 11) is -3.87. The Labute approximate surface area is 98.0 Å². The number of rotatable bonds is 8. The molecule has 1 atom stereocenters. The highest BCUT2D eigenvalue weighted by Gasteiger charge is 2.12. The van der Waals surface area contributed by atoms with Crippen molar-refractivity contribution in [3.8, 4) is 0 Å². The third-order valence-corrected chi connectivity index (χ3v) is 3.00. The summed E-state index contributed by atoms with van der Waals surface area (Å²) in [6.07, 6.45) is 2.47. The van der Waals surface area contributed by atoms with Crippen LogP contribution in [0.2, 0.25) is 0 Å². The minimum atomic E-state index is -3.87. The van der Waals surface area contributed by atoms with Crippen LogP contribution in [0.1, 0.15) is 40.0 Å². The van der Waals surface area contributed by atoms with Crippen molar-refractivity contribution < 1.29 is 18.1 Å². The molecule has 0 fully saturated rings. The molecule has 0 rings (SSSR count). The highest BCUT2D eigenvalue weighted by Crippen LogP contribution is 2.12. The zero-order valence-corrected chi connectivity index (χ0v) is 11.0. The van der Waals surface area contributed by atoms with Gasteiger partial charge in [-0.05, 0) is 40.0 Å². The van der Waals surface area contributed by atoms with E-state index in [1.807, 2.05) is 6.92 Å². The average molecular weight is 253 g/mol. The SMILES string of the molecule is CC(CCCC(C)(C)O)NCCS(=O)(=O)O. The molecule has 0 radical (unpaired) electrons. The van der Waals surface area contributed by atoms with Crippen molar-refractivity contribution in [1.82, 2.24) is 5.32 Å². The van der Waals surface area contributed by atoms with E-state index in [0.717, 1.165) is 19.3 Å². The largest absolute Gasteiger partial charge is 0.390 e. The maximum atomic E-state index is 10.4. The van der Waals surface area contributed by atoms with E-state index in [9.17, 15) is 13.5 Å². The predicted molar refractivity (Wildman–Crippen MR) is 64.0 cm³/mol. The molecule has 0 aliphatic rings. The molecule has 0 aromatic rings. The van der Waals surface area contributed by atoms with E-state index in [0.29, 0.717) is 0 Å². The maximum Gasteiger partial charge on any atom is 0.266 e. The van der Waals surface area contributed by atoms with E-state index < -0.39 is 15.7 Å². The van der Waals surface area contributed by atoms with Gasteiger partial charge in [-0.15, -0.1) is 0 Å². The number of nitrogens with one attached hydrogen (secondary N) is 1. The van der Waals surface area contributed by atoms with Crippen LogP contribution in [0.5, 0.6) is 0 Å². The van der Waals surface area contributed by atoms with Gasteiger partial charge in [0.25, 0.3) is 10.1 Å². The molecule has 98 valence electrons. The number of aliphatic hydroxyl groups is 1. The van der Waals surface area contributed by atoms with Gasteiger partial charge in [-0.2, -0.15) is 8.42 Å². The van der Waals surface area contributed by atoms with Gasteiger partial charge in [0.05, 0.1) is 11.4 Å². The van der Waals surface area contributed by atoms with E-state index in [-0.39, 0.29) is 18.3 Å². The fourth-order valence-corrected chi connectivity index (χ4v) is 1.75. The van der Waals surface area contributed by atoms with Gasteiger partial charge in [0.2, 0.25) is 0 Å². The first-order valence-electron chi connectivity index (χ1n) is 5.51. The Bertz CT molecular complexity index is 282. The molecule has 0 aliphatic heterocycles. The smallest absolute Gasteiger partial charge is 0.266 e. The molecule has 3 N–H and O–H groups in total. The Morgan fingerprint density at radius 1 is 1.38 bits per heavy atom. The van der Waals surface area contributed by atoms with Crippen LogP contribution in [0.25, 0.3) is 0 Å². The van der Waals surface area contributed by atoms with Crippen molar-refractivity contribution in [2.24, 2.45) is 0 Å². The van der Waals surface area contributed by atoms with Gasteiger partial charge < -0.3 is 10.4 Å². The van der Waals surface area contributed by atoms with E-state index in [1.165, 1.54) is 0 Å². The molecule has 1 unspecified atom stereocenters. The number of hydrogen-bond acceptors (Lipinski definition) is 4. The molecule has 16 heavy (non-hydrogen) atoms. The lowest BCUT2D eigenvalue weighted by molar-refractivity contribution is 0.0675. The Morgan fingerprint density at radius 3 is 2.38 bits per heavy atom. The third-order valence-electron chi connectivity index (χ3n) is 2.28. The van der Waals surface area contributed by atoms with Crippen LogP contribution in [0.15, 0.2) is 0 Å². The molecule has 0 aromatic heterocycles. The van der Waals surface area contributed by atoms with Gasteiger partial charge in [0, 0.05) is 12.6 Å². The first kappa shape index (κ1) is 15.8. The first-order chi connectivity index (χ1) is 7.10. The fraction of sp³-hybridized carbons (Fsp3) is 1.00. The van der Waals surface area contributed by atoms with Crippen molar-refractivity contribution in [2.45, 2.75) is 51.7 Å². The summed E-state index contributed by atoms with van der Waals surface area (Å²) < 4.78 is 29.4. The summed E-state index contributed by atoms with van der Waals surface area (Å²) in [4.78, 5) is 0. The molecule has 0 saturated carbocycles. The average Bonchev–Trinajstić information content (AvgIpc) is 1.98. The Kier molecular flexibility index (Phi) is 6.47. The highest BCUT2D eigenvalue weighted by atomic mass is 32.2. The topological polar surface area (TPSA) is 86.6 Å². The van der Waals surface area contributed by atoms with Crippen molar-refractivity contribution in [1.29, 1.82) is 0 Å². The lowest BCUT2D eigenvalue weighted by atomic mass is 10.00. The highest BCUT2D eigenvalue weighted by molar-refractivity contribution is 7.85. The Morgan fingerprint density at radius 2 is 1.94 bits per heavy atom. The summed E-state index contributed by atoms with van der Waals surface area (Å²) in [5.74, 6) is -0.261. The zero-order valence-electron chi connectivity index (χ0n) is 10.2. The van der Waals surface area contributed by atoms with Gasteiger partial charge in [0.1, 0.15) is 0 Å². The molecular weight excluding hydrogens is 230 g/mol. The normalized spacial score (nSPS) is 15.1. The minimum absolute atomic E-state index is 0.184. The van der Waals surface area contributed by atoms with E-state index in [2.05, 4.69) is 5.32 Å².